The summed E-state index contributed by atoms with van der Waals surface area (Å²) in [4.78, 5) is 13.3. The Balaban J connectivity index is 1.72. The molecule has 3 nitrogen and oxygen atoms in total. The van der Waals surface area contributed by atoms with Gasteiger partial charge in [0, 0.05) is 41.7 Å². The van der Waals surface area contributed by atoms with E-state index in [2.05, 4.69) is 50.6 Å². The van der Waals surface area contributed by atoms with Gasteiger partial charge in [0.2, 0.25) is 0 Å². The molecule has 1 saturated heterocycles. The molecule has 0 N–H and O–H groups in total. The number of carbonyl (C=O) groups excluding carboxylic acids is 1. The molecule has 128 valence electrons. The van der Waals surface area contributed by atoms with Gasteiger partial charge in [-0.1, -0.05) is 45.9 Å². The largest absolute Gasteiger partial charge is 0.376 e. The highest BCUT2D eigenvalue weighted by Gasteiger charge is 2.68. The minimum absolute atomic E-state index is 0.0713. The maximum Gasteiger partial charge on any atom is 0.169 e. The topological polar surface area (TPSA) is 31.2 Å². The molecule has 0 unspecified atom stereocenters. The Labute approximate surface area is 144 Å². The monoisotopic (exact) mass is 325 g/mol. The minimum Gasteiger partial charge on any atom is -0.376 e. The van der Waals surface area contributed by atoms with Gasteiger partial charge in [0.05, 0.1) is 6.10 Å². The first-order valence-electron chi connectivity index (χ1n) is 9.08. The third kappa shape index (κ3) is 2.17. The quantitative estimate of drug-likeness (QED) is 0.764. The summed E-state index contributed by atoms with van der Waals surface area (Å²) in [7, 11) is 0. The first kappa shape index (κ1) is 15.9. The molecule has 0 spiro atoms. The summed E-state index contributed by atoms with van der Waals surface area (Å²) < 4.78 is 8.02. The van der Waals surface area contributed by atoms with Crippen molar-refractivity contribution in [3.8, 4) is 0 Å². The highest BCUT2D eigenvalue weighted by atomic mass is 16.5. The second kappa shape index (κ2) is 5.19. The van der Waals surface area contributed by atoms with Crippen LogP contribution in [0.5, 0.6) is 0 Å². The Kier molecular flexibility index (Phi) is 3.44. The van der Waals surface area contributed by atoms with E-state index in [1.54, 1.807) is 0 Å². The van der Waals surface area contributed by atoms with Crippen LogP contribution in [0.1, 0.15) is 50.9 Å². The maximum atomic E-state index is 13.3. The molecule has 1 aromatic carbocycles. The number of ether oxygens (including phenoxy) is 1. The lowest BCUT2D eigenvalue weighted by atomic mass is 10.0. The molecule has 1 atom stereocenters. The number of hydrogen-bond acceptors (Lipinski definition) is 2. The van der Waals surface area contributed by atoms with Crippen molar-refractivity contribution in [3.05, 3.63) is 36.0 Å². The number of hydrogen-bond donors (Lipinski definition) is 0. The van der Waals surface area contributed by atoms with Crippen LogP contribution in [0, 0.1) is 16.7 Å². The molecule has 0 bridgehead atoms. The summed E-state index contributed by atoms with van der Waals surface area (Å²) in [5.41, 5.74) is 2.17. The van der Waals surface area contributed by atoms with E-state index in [4.69, 9.17) is 4.74 Å². The summed E-state index contributed by atoms with van der Waals surface area (Å²) >= 11 is 0. The van der Waals surface area contributed by atoms with Crippen LogP contribution in [0.2, 0.25) is 0 Å². The minimum atomic E-state index is 0.0713. The average molecular weight is 325 g/mol. The second-order valence-corrected chi connectivity index (χ2v) is 8.59. The van der Waals surface area contributed by atoms with Crippen LogP contribution in [0.25, 0.3) is 10.9 Å². The fourth-order valence-corrected chi connectivity index (χ4v) is 4.61. The van der Waals surface area contributed by atoms with Gasteiger partial charge in [-0.25, -0.2) is 0 Å². The summed E-state index contributed by atoms with van der Waals surface area (Å²) in [6.45, 7) is 10.5. The molecule has 4 rings (SSSR count). The van der Waals surface area contributed by atoms with Crippen LogP contribution in [0.4, 0.5) is 0 Å². The van der Waals surface area contributed by atoms with Gasteiger partial charge in [-0.05, 0) is 29.7 Å². The molecule has 2 heterocycles. The highest BCUT2D eigenvalue weighted by molar-refractivity contribution is 6.11. The van der Waals surface area contributed by atoms with Crippen LogP contribution < -0.4 is 0 Å². The number of Topliss-reactive ketones (excluding diaryl/α,β-unsaturated/α-hetero) is 1. The molecule has 3 heteroatoms. The van der Waals surface area contributed by atoms with Crippen molar-refractivity contribution in [3.63, 3.8) is 0 Å². The standard InChI is InChI=1S/C21H27NO2/c1-20(2)19(21(20,3)4)18(23)16-13-22(12-14-8-7-11-24-14)17-10-6-5-9-15(16)17/h5-6,9-10,13-14,19H,7-8,11-12H2,1-4H3/t14-/m0/s1. The number of benzene rings is 1. The Morgan fingerprint density at radius 2 is 1.92 bits per heavy atom. The van der Waals surface area contributed by atoms with Crippen molar-refractivity contribution in [2.75, 3.05) is 6.61 Å². The SMILES string of the molecule is CC1(C)C(C(=O)c2cn(C[C@@H]3CCCO3)c3ccccc23)C1(C)C. The number of ketones is 1. The van der Waals surface area contributed by atoms with Crippen molar-refractivity contribution in [2.45, 2.75) is 53.2 Å². The van der Waals surface area contributed by atoms with E-state index in [-0.39, 0.29) is 22.9 Å². The lowest BCUT2D eigenvalue weighted by Crippen LogP contribution is -2.14. The highest BCUT2D eigenvalue weighted by Crippen LogP contribution is 2.69. The second-order valence-electron chi connectivity index (χ2n) is 8.59. The van der Waals surface area contributed by atoms with Gasteiger partial charge < -0.3 is 9.30 Å². The molecule has 1 aliphatic carbocycles. The number of carbonyl (C=O) groups is 1. The number of rotatable bonds is 4. The van der Waals surface area contributed by atoms with Gasteiger partial charge in [-0.2, -0.15) is 0 Å². The summed E-state index contributed by atoms with van der Waals surface area (Å²) in [5, 5.41) is 1.08. The van der Waals surface area contributed by atoms with Gasteiger partial charge in [0.25, 0.3) is 0 Å². The number of aromatic nitrogens is 1. The lowest BCUT2D eigenvalue weighted by Gasteiger charge is -2.11. The molecule has 0 amide bonds. The van der Waals surface area contributed by atoms with Crippen LogP contribution in [-0.2, 0) is 11.3 Å². The Morgan fingerprint density at radius 1 is 1.21 bits per heavy atom. The molecule has 1 saturated carbocycles. The fraction of sp³-hybridized carbons (Fsp3) is 0.571. The van der Waals surface area contributed by atoms with Crippen molar-refractivity contribution in [1.29, 1.82) is 0 Å². The first-order valence-corrected chi connectivity index (χ1v) is 9.08. The molecule has 1 aromatic heterocycles. The van der Waals surface area contributed by atoms with Crippen LogP contribution in [0.3, 0.4) is 0 Å². The molecular formula is C21H27NO2. The normalized spacial score (nSPS) is 25.2. The van der Waals surface area contributed by atoms with E-state index in [0.29, 0.717) is 5.78 Å². The van der Waals surface area contributed by atoms with E-state index in [1.807, 2.05) is 12.1 Å². The van der Waals surface area contributed by atoms with Gasteiger partial charge in [0.15, 0.2) is 5.78 Å². The zero-order valence-corrected chi connectivity index (χ0v) is 15.1. The van der Waals surface area contributed by atoms with Crippen molar-refractivity contribution >= 4 is 16.7 Å². The molecule has 2 fully saturated rings. The van der Waals surface area contributed by atoms with E-state index in [1.165, 1.54) is 0 Å². The van der Waals surface area contributed by atoms with Gasteiger partial charge in [-0.15, -0.1) is 0 Å². The third-order valence-corrected chi connectivity index (χ3v) is 6.76. The average Bonchev–Trinajstić information content (AvgIpc) is 2.99. The van der Waals surface area contributed by atoms with E-state index < -0.39 is 0 Å². The molecule has 1 aliphatic heterocycles. The Bertz CT molecular complexity index is 779. The van der Waals surface area contributed by atoms with E-state index in [0.717, 1.165) is 42.5 Å². The summed E-state index contributed by atoms with van der Waals surface area (Å²) in [6, 6.07) is 8.27. The van der Waals surface area contributed by atoms with Crippen LogP contribution in [-0.4, -0.2) is 23.1 Å². The van der Waals surface area contributed by atoms with E-state index in [9.17, 15) is 4.79 Å². The maximum absolute atomic E-state index is 13.3. The first-order chi connectivity index (χ1) is 11.3. The molecule has 24 heavy (non-hydrogen) atoms. The zero-order chi connectivity index (χ0) is 17.1. The molecule has 2 aliphatic rings. The fourth-order valence-electron chi connectivity index (χ4n) is 4.61. The predicted octanol–water partition coefficient (Wildman–Crippen LogP) is 4.69. The van der Waals surface area contributed by atoms with Gasteiger partial charge >= 0.3 is 0 Å². The van der Waals surface area contributed by atoms with E-state index >= 15 is 0 Å². The Hall–Kier alpha value is -1.61. The van der Waals surface area contributed by atoms with Crippen molar-refractivity contribution < 1.29 is 9.53 Å². The third-order valence-electron chi connectivity index (χ3n) is 6.76. The number of nitrogens with zero attached hydrogens (tertiary/aromatic N) is 1. The summed E-state index contributed by atoms with van der Waals surface area (Å²) in [6.07, 6.45) is 4.59. The van der Waals surface area contributed by atoms with Crippen molar-refractivity contribution in [1.82, 2.24) is 4.57 Å². The summed E-state index contributed by atoms with van der Waals surface area (Å²) in [5.74, 6) is 0.402. The van der Waals surface area contributed by atoms with Crippen LogP contribution in [0.15, 0.2) is 30.5 Å². The van der Waals surface area contributed by atoms with Gasteiger partial charge in [-0.3, -0.25) is 4.79 Å². The zero-order valence-electron chi connectivity index (χ0n) is 15.1. The lowest BCUT2D eigenvalue weighted by molar-refractivity contribution is 0.0939. The Morgan fingerprint density at radius 3 is 2.54 bits per heavy atom. The smallest absolute Gasteiger partial charge is 0.169 e. The number of para-hydroxylation sites is 1. The molecule has 0 radical (unpaired) electrons. The molecule has 2 aromatic rings. The predicted molar refractivity (Wildman–Crippen MR) is 96.3 cm³/mol. The molecular weight excluding hydrogens is 298 g/mol. The number of fused-ring (bicyclic) bond motifs is 1. The van der Waals surface area contributed by atoms with Crippen molar-refractivity contribution in [2.24, 2.45) is 16.7 Å². The van der Waals surface area contributed by atoms with Crippen LogP contribution >= 0.6 is 0 Å². The van der Waals surface area contributed by atoms with Gasteiger partial charge in [0.1, 0.15) is 0 Å².